The van der Waals surface area contributed by atoms with Gasteiger partial charge in [-0.25, -0.2) is 0 Å². The second kappa shape index (κ2) is 5.36. The van der Waals surface area contributed by atoms with E-state index in [1.165, 1.54) is 0 Å². The average molecular weight is 301 g/mol. The predicted molar refractivity (Wildman–Crippen MR) is 72.6 cm³/mol. The van der Waals surface area contributed by atoms with Gasteiger partial charge in [-0.15, -0.1) is 0 Å². The minimum absolute atomic E-state index is 0.0309. The fourth-order valence-electron chi connectivity index (χ4n) is 3.36. The average Bonchev–Trinajstić information content (AvgIpc) is 2.68. The summed E-state index contributed by atoms with van der Waals surface area (Å²) in [5.74, 6) is 0.664. The van der Waals surface area contributed by atoms with Crippen LogP contribution >= 0.6 is 0 Å². The molecule has 2 fully saturated rings. The second-order valence-electron chi connectivity index (χ2n) is 5.66. The highest BCUT2D eigenvalue weighted by Crippen LogP contribution is 2.35. The van der Waals surface area contributed by atoms with Crippen molar-refractivity contribution in [3.63, 3.8) is 0 Å². The Morgan fingerprint density at radius 3 is 2.48 bits per heavy atom. The highest BCUT2D eigenvalue weighted by atomic mass is 19.4. The molecule has 0 N–H and O–H groups in total. The molecule has 0 radical (unpaired) electrons. The van der Waals surface area contributed by atoms with Crippen molar-refractivity contribution in [3.05, 3.63) is 18.5 Å². The van der Waals surface area contributed by atoms with Gasteiger partial charge in [0.05, 0.1) is 31.7 Å². The Balaban J connectivity index is 1.73. The Kier molecular flexibility index (Phi) is 3.69. The van der Waals surface area contributed by atoms with Crippen LogP contribution in [0.15, 0.2) is 18.5 Å². The molecule has 2 aliphatic heterocycles. The highest BCUT2D eigenvalue weighted by molar-refractivity contribution is 5.49. The Hall–Kier alpha value is -1.50. The standard InChI is InChI=1S/C14H18F3N3O/c1-21-13-4-12(5-18-6-13)19-7-10-2-3-11(8-19)20(10)9-14(15,16)17/h4-6,10-11H,2-3,7-9H2,1H3. The first kappa shape index (κ1) is 14.4. The van der Waals surface area contributed by atoms with Crippen molar-refractivity contribution in [2.24, 2.45) is 0 Å². The van der Waals surface area contributed by atoms with Crippen LogP contribution in [0.4, 0.5) is 18.9 Å². The number of hydrogen-bond acceptors (Lipinski definition) is 4. The molecule has 2 bridgehead atoms. The van der Waals surface area contributed by atoms with E-state index in [1.807, 2.05) is 6.07 Å². The minimum Gasteiger partial charge on any atom is -0.495 e. The molecule has 0 aliphatic carbocycles. The van der Waals surface area contributed by atoms with E-state index in [-0.39, 0.29) is 12.1 Å². The van der Waals surface area contributed by atoms with E-state index >= 15 is 0 Å². The topological polar surface area (TPSA) is 28.6 Å². The molecular formula is C14H18F3N3O. The fraction of sp³-hybridized carbons (Fsp3) is 0.643. The van der Waals surface area contributed by atoms with Crippen molar-refractivity contribution in [3.8, 4) is 5.75 Å². The first-order valence-electron chi connectivity index (χ1n) is 7.03. The van der Waals surface area contributed by atoms with Gasteiger partial charge in [-0.2, -0.15) is 13.2 Å². The molecule has 7 heteroatoms. The molecule has 3 rings (SSSR count). The number of ether oxygens (including phenoxy) is 1. The van der Waals surface area contributed by atoms with E-state index in [1.54, 1.807) is 24.4 Å². The van der Waals surface area contributed by atoms with Gasteiger partial charge >= 0.3 is 6.18 Å². The number of piperazine rings is 1. The Labute approximate surface area is 121 Å². The minimum atomic E-state index is -4.12. The van der Waals surface area contributed by atoms with Gasteiger partial charge in [0.15, 0.2) is 0 Å². The van der Waals surface area contributed by atoms with Crippen LogP contribution in [0.1, 0.15) is 12.8 Å². The van der Waals surface area contributed by atoms with Crippen molar-refractivity contribution in [1.82, 2.24) is 9.88 Å². The third-order valence-corrected chi connectivity index (χ3v) is 4.29. The predicted octanol–water partition coefficient (Wildman–Crippen LogP) is 2.31. The number of nitrogens with zero attached hydrogens (tertiary/aromatic N) is 3. The lowest BCUT2D eigenvalue weighted by Crippen LogP contribution is -2.56. The molecule has 0 spiro atoms. The summed E-state index contributed by atoms with van der Waals surface area (Å²) in [7, 11) is 1.58. The van der Waals surface area contributed by atoms with E-state index in [4.69, 9.17) is 4.74 Å². The lowest BCUT2D eigenvalue weighted by atomic mass is 10.1. The molecule has 2 unspecified atom stereocenters. The maximum atomic E-state index is 12.7. The molecule has 2 atom stereocenters. The van der Waals surface area contributed by atoms with Gasteiger partial charge in [-0.1, -0.05) is 0 Å². The zero-order valence-electron chi connectivity index (χ0n) is 11.8. The number of anilines is 1. The molecular weight excluding hydrogens is 283 g/mol. The number of rotatable bonds is 3. The number of methoxy groups -OCH3 is 1. The van der Waals surface area contributed by atoms with Gasteiger partial charge in [-0.3, -0.25) is 9.88 Å². The summed E-state index contributed by atoms with van der Waals surface area (Å²) in [6.45, 7) is 0.426. The van der Waals surface area contributed by atoms with Gasteiger partial charge in [0.2, 0.25) is 0 Å². The largest absolute Gasteiger partial charge is 0.495 e. The monoisotopic (exact) mass is 301 g/mol. The molecule has 0 amide bonds. The molecule has 0 saturated carbocycles. The van der Waals surface area contributed by atoms with Crippen molar-refractivity contribution in [2.75, 3.05) is 31.6 Å². The van der Waals surface area contributed by atoms with Crippen LogP contribution in [0.25, 0.3) is 0 Å². The van der Waals surface area contributed by atoms with Gasteiger partial charge in [0, 0.05) is 31.2 Å². The van der Waals surface area contributed by atoms with E-state index in [0.29, 0.717) is 18.8 Å². The normalized spacial score (nSPS) is 26.2. The Morgan fingerprint density at radius 2 is 1.90 bits per heavy atom. The summed E-state index contributed by atoms with van der Waals surface area (Å²) < 4.78 is 43.1. The van der Waals surface area contributed by atoms with E-state index in [9.17, 15) is 13.2 Å². The molecule has 2 saturated heterocycles. The van der Waals surface area contributed by atoms with Crippen molar-refractivity contribution < 1.29 is 17.9 Å². The second-order valence-corrected chi connectivity index (χ2v) is 5.66. The summed E-state index contributed by atoms with van der Waals surface area (Å²) in [4.78, 5) is 7.85. The molecule has 0 aromatic carbocycles. The Bertz CT molecular complexity index is 494. The molecule has 1 aromatic heterocycles. The first-order valence-corrected chi connectivity index (χ1v) is 7.03. The van der Waals surface area contributed by atoms with Crippen LogP contribution in [-0.4, -0.2) is 54.9 Å². The van der Waals surface area contributed by atoms with Gasteiger partial charge < -0.3 is 9.64 Å². The number of hydrogen-bond donors (Lipinski definition) is 0. The maximum absolute atomic E-state index is 12.7. The van der Waals surface area contributed by atoms with Crippen LogP contribution in [0.3, 0.4) is 0 Å². The summed E-state index contributed by atoms with van der Waals surface area (Å²) in [5, 5.41) is 0. The van der Waals surface area contributed by atoms with Crippen LogP contribution in [0.2, 0.25) is 0 Å². The smallest absolute Gasteiger partial charge is 0.401 e. The first-order chi connectivity index (χ1) is 9.96. The van der Waals surface area contributed by atoms with E-state index in [2.05, 4.69) is 9.88 Å². The molecule has 4 nitrogen and oxygen atoms in total. The van der Waals surface area contributed by atoms with Crippen LogP contribution in [-0.2, 0) is 0 Å². The van der Waals surface area contributed by atoms with Gasteiger partial charge in [0.1, 0.15) is 5.75 Å². The molecule has 2 aliphatic rings. The SMILES string of the molecule is COc1cncc(N2CC3CCC(C2)N3CC(F)(F)F)c1. The van der Waals surface area contributed by atoms with Crippen LogP contribution < -0.4 is 9.64 Å². The summed E-state index contributed by atoms with van der Waals surface area (Å²) in [5.41, 5.74) is 0.915. The fourth-order valence-corrected chi connectivity index (χ4v) is 3.36. The van der Waals surface area contributed by atoms with Crippen molar-refractivity contribution in [2.45, 2.75) is 31.1 Å². The molecule has 116 valence electrons. The zero-order chi connectivity index (χ0) is 15.0. The number of halogens is 3. The summed E-state index contributed by atoms with van der Waals surface area (Å²) >= 11 is 0. The summed E-state index contributed by atoms with van der Waals surface area (Å²) in [6.07, 6.45) is 0.892. The maximum Gasteiger partial charge on any atom is 0.401 e. The summed E-state index contributed by atoms with van der Waals surface area (Å²) in [6, 6.07) is 1.82. The van der Waals surface area contributed by atoms with Gasteiger partial charge in [-0.05, 0) is 12.8 Å². The molecule has 3 heterocycles. The lowest BCUT2D eigenvalue weighted by molar-refractivity contribution is -0.153. The number of pyridine rings is 1. The number of alkyl halides is 3. The third kappa shape index (κ3) is 3.07. The third-order valence-electron chi connectivity index (χ3n) is 4.29. The Morgan fingerprint density at radius 1 is 1.24 bits per heavy atom. The van der Waals surface area contributed by atoms with E-state index in [0.717, 1.165) is 18.5 Å². The lowest BCUT2D eigenvalue weighted by Gasteiger charge is -2.42. The van der Waals surface area contributed by atoms with Gasteiger partial charge in [0.25, 0.3) is 0 Å². The van der Waals surface area contributed by atoms with Crippen molar-refractivity contribution in [1.29, 1.82) is 0 Å². The molecule has 21 heavy (non-hydrogen) atoms. The van der Waals surface area contributed by atoms with Crippen LogP contribution in [0.5, 0.6) is 5.75 Å². The van der Waals surface area contributed by atoms with E-state index < -0.39 is 12.7 Å². The number of aromatic nitrogens is 1. The highest BCUT2D eigenvalue weighted by Gasteiger charge is 2.44. The quantitative estimate of drug-likeness (QED) is 0.856. The van der Waals surface area contributed by atoms with Crippen molar-refractivity contribution >= 4 is 5.69 Å². The number of fused-ring (bicyclic) bond motifs is 2. The van der Waals surface area contributed by atoms with Crippen LogP contribution in [0, 0.1) is 0 Å². The molecule has 1 aromatic rings. The zero-order valence-corrected chi connectivity index (χ0v) is 11.8.